The molecule has 13 heavy (non-hydrogen) atoms. The van der Waals surface area contributed by atoms with E-state index in [0.717, 1.165) is 17.7 Å². The van der Waals surface area contributed by atoms with Gasteiger partial charge in [0.25, 0.3) is 0 Å². The Morgan fingerprint density at radius 2 is 2.38 bits per heavy atom. The van der Waals surface area contributed by atoms with E-state index in [1.54, 1.807) is 4.68 Å². The molecule has 4 nitrogen and oxygen atoms in total. The molecule has 0 bridgehead atoms. The Morgan fingerprint density at radius 1 is 1.69 bits per heavy atom. The van der Waals surface area contributed by atoms with E-state index in [9.17, 15) is 4.79 Å². The van der Waals surface area contributed by atoms with Crippen LogP contribution in [0, 0.1) is 6.92 Å². The average molecular weight is 182 g/mol. The van der Waals surface area contributed by atoms with E-state index < -0.39 is 5.97 Å². The molecule has 72 valence electrons. The maximum atomic E-state index is 10.3. The Hall–Kier alpha value is -1.32. The van der Waals surface area contributed by atoms with Gasteiger partial charge in [-0.1, -0.05) is 0 Å². The maximum Gasteiger partial charge on any atom is 0.303 e. The standard InChI is InChI=1S/C9H14N2O2/c1-7-8(6-11(2)10-7)4-3-5-9(12)13/h6H,3-5H2,1-2H3,(H,12,13). The van der Waals surface area contributed by atoms with Crippen molar-refractivity contribution in [1.29, 1.82) is 0 Å². The summed E-state index contributed by atoms with van der Waals surface area (Å²) in [5.74, 6) is -0.735. The molecule has 1 rings (SSSR count). The van der Waals surface area contributed by atoms with Crippen LogP contribution in [-0.4, -0.2) is 20.9 Å². The van der Waals surface area contributed by atoms with Crippen molar-refractivity contribution in [2.45, 2.75) is 26.2 Å². The van der Waals surface area contributed by atoms with E-state index in [4.69, 9.17) is 5.11 Å². The van der Waals surface area contributed by atoms with Crippen molar-refractivity contribution < 1.29 is 9.90 Å². The lowest BCUT2D eigenvalue weighted by atomic mass is 10.1. The molecule has 1 aromatic heterocycles. The van der Waals surface area contributed by atoms with Gasteiger partial charge in [0.2, 0.25) is 0 Å². The van der Waals surface area contributed by atoms with Gasteiger partial charge >= 0.3 is 5.97 Å². The van der Waals surface area contributed by atoms with Crippen LogP contribution in [-0.2, 0) is 18.3 Å². The number of hydrogen-bond acceptors (Lipinski definition) is 2. The molecule has 0 aliphatic heterocycles. The third-order valence-corrected chi connectivity index (χ3v) is 1.95. The molecule has 0 spiro atoms. The lowest BCUT2D eigenvalue weighted by Crippen LogP contribution is -1.96. The Morgan fingerprint density at radius 3 is 2.85 bits per heavy atom. The number of rotatable bonds is 4. The Balaban J connectivity index is 2.45. The number of carboxylic acids is 1. The van der Waals surface area contributed by atoms with Crippen LogP contribution in [0.2, 0.25) is 0 Å². The fourth-order valence-electron chi connectivity index (χ4n) is 1.32. The number of hydrogen-bond donors (Lipinski definition) is 1. The van der Waals surface area contributed by atoms with Crippen molar-refractivity contribution in [3.63, 3.8) is 0 Å². The van der Waals surface area contributed by atoms with Crippen LogP contribution < -0.4 is 0 Å². The molecule has 4 heteroatoms. The van der Waals surface area contributed by atoms with Gasteiger partial charge in [-0.3, -0.25) is 9.48 Å². The van der Waals surface area contributed by atoms with Crippen molar-refractivity contribution in [2.24, 2.45) is 7.05 Å². The first-order chi connectivity index (χ1) is 6.09. The van der Waals surface area contributed by atoms with Crippen LogP contribution in [0.3, 0.4) is 0 Å². The normalized spacial score (nSPS) is 10.3. The molecule has 0 radical (unpaired) electrons. The smallest absolute Gasteiger partial charge is 0.303 e. The van der Waals surface area contributed by atoms with E-state index in [1.807, 2.05) is 20.2 Å². The number of aliphatic carboxylic acids is 1. The van der Waals surface area contributed by atoms with Gasteiger partial charge < -0.3 is 5.11 Å². The highest BCUT2D eigenvalue weighted by molar-refractivity contribution is 5.66. The average Bonchev–Trinajstić information content (AvgIpc) is 2.29. The Kier molecular flexibility index (Phi) is 3.06. The molecule has 0 atom stereocenters. The fraction of sp³-hybridized carbons (Fsp3) is 0.556. The summed E-state index contributed by atoms with van der Waals surface area (Å²) in [7, 11) is 1.87. The number of aryl methyl sites for hydroxylation is 3. The minimum atomic E-state index is -0.735. The second kappa shape index (κ2) is 4.07. The molecule has 0 saturated carbocycles. The fourth-order valence-corrected chi connectivity index (χ4v) is 1.32. The molecule has 0 aliphatic rings. The summed E-state index contributed by atoms with van der Waals surface area (Å²) in [6.07, 6.45) is 3.65. The van der Waals surface area contributed by atoms with Gasteiger partial charge in [0.1, 0.15) is 0 Å². The van der Waals surface area contributed by atoms with Crippen LogP contribution in [0.15, 0.2) is 6.20 Å². The first-order valence-electron chi connectivity index (χ1n) is 4.30. The summed E-state index contributed by atoms with van der Waals surface area (Å²) < 4.78 is 1.76. The highest BCUT2D eigenvalue weighted by Gasteiger charge is 2.03. The zero-order valence-corrected chi connectivity index (χ0v) is 7.95. The summed E-state index contributed by atoms with van der Waals surface area (Å²) in [5.41, 5.74) is 2.14. The third kappa shape index (κ3) is 2.89. The summed E-state index contributed by atoms with van der Waals surface area (Å²) in [6.45, 7) is 1.94. The van der Waals surface area contributed by atoms with Gasteiger partial charge in [0.05, 0.1) is 5.69 Å². The van der Waals surface area contributed by atoms with Crippen molar-refractivity contribution in [3.8, 4) is 0 Å². The monoisotopic (exact) mass is 182 g/mol. The molecule has 0 amide bonds. The van der Waals surface area contributed by atoms with Gasteiger partial charge in [-0.25, -0.2) is 0 Å². The molecule has 0 aromatic carbocycles. The van der Waals surface area contributed by atoms with E-state index >= 15 is 0 Å². The Labute approximate surface area is 77.2 Å². The summed E-state index contributed by atoms with van der Waals surface area (Å²) in [4.78, 5) is 10.3. The molecule has 0 saturated heterocycles. The second-order valence-corrected chi connectivity index (χ2v) is 3.16. The number of carboxylic acid groups (broad SMARTS) is 1. The highest BCUT2D eigenvalue weighted by Crippen LogP contribution is 2.08. The van der Waals surface area contributed by atoms with Gasteiger partial charge in [-0.15, -0.1) is 0 Å². The minimum absolute atomic E-state index is 0.230. The highest BCUT2D eigenvalue weighted by atomic mass is 16.4. The largest absolute Gasteiger partial charge is 0.481 e. The molecular weight excluding hydrogens is 168 g/mol. The van der Waals surface area contributed by atoms with Crippen molar-refractivity contribution in [2.75, 3.05) is 0 Å². The van der Waals surface area contributed by atoms with E-state index in [-0.39, 0.29) is 6.42 Å². The van der Waals surface area contributed by atoms with Crippen LogP contribution in [0.1, 0.15) is 24.1 Å². The molecule has 1 N–H and O–H groups in total. The van der Waals surface area contributed by atoms with Gasteiger partial charge in [-0.2, -0.15) is 5.10 Å². The lowest BCUT2D eigenvalue weighted by Gasteiger charge is -1.95. The number of aromatic nitrogens is 2. The molecule has 0 fully saturated rings. The van der Waals surface area contributed by atoms with Crippen LogP contribution in [0.25, 0.3) is 0 Å². The van der Waals surface area contributed by atoms with Crippen LogP contribution in [0.5, 0.6) is 0 Å². The van der Waals surface area contributed by atoms with Gasteiger partial charge in [0, 0.05) is 19.7 Å². The molecular formula is C9H14N2O2. The summed E-state index contributed by atoms with van der Waals surface area (Å²) in [6, 6.07) is 0. The number of carbonyl (C=O) groups is 1. The first kappa shape index (κ1) is 9.77. The van der Waals surface area contributed by atoms with Crippen molar-refractivity contribution in [1.82, 2.24) is 9.78 Å². The molecule has 0 aliphatic carbocycles. The van der Waals surface area contributed by atoms with E-state index in [1.165, 1.54) is 0 Å². The summed E-state index contributed by atoms with van der Waals surface area (Å²) in [5, 5.41) is 12.6. The SMILES string of the molecule is Cc1nn(C)cc1CCCC(=O)O. The van der Waals surface area contributed by atoms with Gasteiger partial charge in [-0.05, 0) is 25.3 Å². The third-order valence-electron chi connectivity index (χ3n) is 1.95. The molecule has 1 aromatic rings. The van der Waals surface area contributed by atoms with Crippen molar-refractivity contribution in [3.05, 3.63) is 17.5 Å². The van der Waals surface area contributed by atoms with Crippen LogP contribution in [0.4, 0.5) is 0 Å². The van der Waals surface area contributed by atoms with Crippen LogP contribution >= 0.6 is 0 Å². The molecule has 0 unspecified atom stereocenters. The quantitative estimate of drug-likeness (QED) is 0.759. The van der Waals surface area contributed by atoms with Gasteiger partial charge in [0.15, 0.2) is 0 Å². The second-order valence-electron chi connectivity index (χ2n) is 3.16. The zero-order chi connectivity index (χ0) is 9.84. The number of nitrogens with zero attached hydrogens (tertiary/aromatic N) is 2. The Bertz CT molecular complexity index is 305. The van der Waals surface area contributed by atoms with E-state index in [0.29, 0.717) is 6.42 Å². The summed E-state index contributed by atoms with van der Waals surface area (Å²) >= 11 is 0. The maximum absolute atomic E-state index is 10.3. The van der Waals surface area contributed by atoms with Crippen molar-refractivity contribution >= 4 is 5.97 Å². The lowest BCUT2D eigenvalue weighted by molar-refractivity contribution is -0.137. The molecule has 1 heterocycles. The predicted molar refractivity (Wildman–Crippen MR) is 48.5 cm³/mol. The predicted octanol–water partition coefficient (Wildman–Crippen LogP) is 1.14. The van der Waals surface area contributed by atoms with E-state index in [2.05, 4.69) is 5.10 Å². The first-order valence-corrected chi connectivity index (χ1v) is 4.30. The minimum Gasteiger partial charge on any atom is -0.481 e. The zero-order valence-electron chi connectivity index (χ0n) is 7.95. The topological polar surface area (TPSA) is 55.1 Å².